The average Bonchev–Trinajstić information content (AvgIpc) is 3.15. The minimum absolute atomic E-state index is 0.0574. The first-order valence-corrected chi connectivity index (χ1v) is 16.2. The third kappa shape index (κ3) is 5.47. The highest BCUT2D eigenvalue weighted by Crippen LogP contribution is 2.62. The number of aliphatic carboxylic acids is 1. The minimum Gasteiger partial charge on any atom is -0.508 e. The van der Waals surface area contributed by atoms with E-state index in [0.29, 0.717) is 29.4 Å². The topological polar surface area (TPSA) is 77.8 Å². The third-order valence-electron chi connectivity index (χ3n) is 9.75. The number of fused-ring (bicyclic) bond motifs is 5. The molecule has 2 fully saturated rings. The van der Waals surface area contributed by atoms with Crippen LogP contribution in [-0.4, -0.2) is 43.0 Å². The standard InChI is InChI=1S/C30H46O4S2/c1-4-35-30(28(33)34,36-5-2)16-9-7-6-8-10-20-18-21-19-22(31)11-12-23(21)24-15-17-29(3)25(27(20)24)13-14-26(29)32/h11-12,19-20,24-27,31-32H,4-10,13-18H2,1-3H3,(H,33,34)/t20-,24?,25?,26+,27?,29+/m1/s1. The van der Waals surface area contributed by atoms with E-state index < -0.39 is 10.0 Å². The number of phenolic OH excluding ortho intramolecular Hbond substituents is 1. The fourth-order valence-corrected chi connectivity index (χ4v) is 10.8. The summed E-state index contributed by atoms with van der Waals surface area (Å²) in [4.78, 5) is 12.0. The Labute approximate surface area is 226 Å². The predicted molar refractivity (Wildman–Crippen MR) is 152 cm³/mol. The zero-order valence-corrected chi connectivity index (χ0v) is 24.0. The van der Waals surface area contributed by atoms with Crippen molar-refractivity contribution in [2.45, 2.75) is 108 Å². The van der Waals surface area contributed by atoms with E-state index in [4.69, 9.17) is 0 Å². The van der Waals surface area contributed by atoms with Crippen LogP contribution in [0.1, 0.15) is 102 Å². The first-order valence-electron chi connectivity index (χ1n) is 14.3. The highest BCUT2D eigenvalue weighted by Gasteiger charge is 2.56. The number of rotatable bonds is 12. The quantitative estimate of drug-likeness (QED) is 0.191. The van der Waals surface area contributed by atoms with E-state index in [1.54, 1.807) is 23.5 Å². The molecule has 0 aromatic heterocycles. The van der Waals surface area contributed by atoms with Gasteiger partial charge in [-0.2, -0.15) is 0 Å². The molecule has 0 saturated heterocycles. The summed E-state index contributed by atoms with van der Waals surface area (Å²) >= 11 is 3.16. The number of benzene rings is 1. The molecule has 3 aliphatic rings. The van der Waals surface area contributed by atoms with E-state index >= 15 is 0 Å². The molecule has 2 saturated carbocycles. The van der Waals surface area contributed by atoms with Crippen molar-refractivity contribution in [1.29, 1.82) is 0 Å². The maximum atomic E-state index is 12.0. The van der Waals surface area contributed by atoms with Crippen LogP contribution in [0.25, 0.3) is 0 Å². The van der Waals surface area contributed by atoms with Gasteiger partial charge in [-0.25, -0.2) is 4.79 Å². The Morgan fingerprint density at radius 2 is 1.81 bits per heavy atom. The van der Waals surface area contributed by atoms with Crippen molar-refractivity contribution in [3.8, 4) is 5.75 Å². The molecule has 0 bridgehead atoms. The molecule has 36 heavy (non-hydrogen) atoms. The molecule has 0 radical (unpaired) electrons. The molecule has 0 heterocycles. The predicted octanol–water partition coefficient (Wildman–Crippen LogP) is 7.46. The summed E-state index contributed by atoms with van der Waals surface area (Å²) in [6.45, 7) is 6.44. The van der Waals surface area contributed by atoms with Crippen molar-refractivity contribution >= 4 is 29.5 Å². The molecule has 0 spiro atoms. The fraction of sp³-hybridized carbons (Fsp3) is 0.767. The lowest BCUT2D eigenvalue weighted by atomic mass is 9.52. The van der Waals surface area contributed by atoms with Gasteiger partial charge in [-0.15, -0.1) is 23.5 Å². The summed E-state index contributed by atoms with van der Waals surface area (Å²) in [5.74, 6) is 3.73. The van der Waals surface area contributed by atoms with Crippen LogP contribution >= 0.6 is 23.5 Å². The summed E-state index contributed by atoms with van der Waals surface area (Å²) in [6.07, 6.45) is 11.5. The molecule has 6 atom stereocenters. The van der Waals surface area contributed by atoms with Crippen molar-refractivity contribution < 1.29 is 20.1 Å². The second kappa shape index (κ2) is 11.9. The van der Waals surface area contributed by atoms with Gasteiger partial charge in [0.2, 0.25) is 0 Å². The van der Waals surface area contributed by atoms with Crippen LogP contribution in [0, 0.1) is 23.2 Å². The molecular formula is C30H46O4S2. The first-order chi connectivity index (χ1) is 17.3. The number of hydrogen-bond acceptors (Lipinski definition) is 5. The summed E-state index contributed by atoms with van der Waals surface area (Å²) < 4.78 is -0.693. The van der Waals surface area contributed by atoms with Gasteiger partial charge in [0.05, 0.1) is 6.10 Å². The van der Waals surface area contributed by atoms with Crippen LogP contribution in [-0.2, 0) is 11.2 Å². The van der Waals surface area contributed by atoms with Gasteiger partial charge in [-0.1, -0.05) is 52.5 Å². The van der Waals surface area contributed by atoms with Crippen molar-refractivity contribution in [3.05, 3.63) is 29.3 Å². The smallest absolute Gasteiger partial charge is 0.330 e. The van der Waals surface area contributed by atoms with Crippen molar-refractivity contribution in [2.75, 3.05) is 11.5 Å². The minimum atomic E-state index is -0.693. The van der Waals surface area contributed by atoms with E-state index in [0.717, 1.165) is 69.3 Å². The van der Waals surface area contributed by atoms with E-state index in [-0.39, 0.29) is 11.5 Å². The number of aromatic hydroxyl groups is 1. The second-order valence-corrected chi connectivity index (χ2v) is 15.0. The molecule has 1 aromatic rings. The molecule has 4 rings (SSSR count). The van der Waals surface area contributed by atoms with Crippen molar-refractivity contribution in [3.63, 3.8) is 0 Å². The van der Waals surface area contributed by atoms with Crippen LogP contribution in [0.3, 0.4) is 0 Å². The largest absolute Gasteiger partial charge is 0.508 e. The second-order valence-electron chi connectivity index (χ2n) is 11.7. The van der Waals surface area contributed by atoms with E-state index in [1.165, 1.54) is 24.0 Å². The van der Waals surface area contributed by atoms with Gasteiger partial charge in [0.1, 0.15) is 5.75 Å². The number of hydrogen-bond donors (Lipinski definition) is 3. The lowest BCUT2D eigenvalue weighted by Gasteiger charge is -2.53. The lowest BCUT2D eigenvalue weighted by molar-refractivity contribution is -0.137. The van der Waals surface area contributed by atoms with Crippen LogP contribution in [0.4, 0.5) is 0 Å². The molecule has 1 aromatic carbocycles. The summed E-state index contributed by atoms with van der Waals surface area (Å²) in [7, 11) is 0. The molecule has 0 amide bonds. The highest BCUT2D eigenvalue weighted by atomic mass is 32.2. The molecule has 3 unspecified atom stereocenters. The zero-order chi connectivity index (χ0) is 25.9. The van der Waals surface area contributed by atoms with Crippen LogP contribution in [0.2, 0.25) is 0 Å². The number of carbonyl (C=O) groups is 1. The van der Waals surface area contributed by atoms with Gasteiger partial charge in [0, 0.05) is 0 Å². The van der Waals surface area contributed by atoms with Crippen LogP contribution in [0.5, 0.6) is 5.75 Å². The maximum absolute atomic E-state index is 12.0. The lowest BCUT2D eigenvalue weighted by Crippen LogP contribution is -2.47. The fourth-order valence-electron chi connectivity index (χ4n) is 8.03. The number of phenols is 1. The van der Waals surface area contributed by atoms with Gasteiger partial charge in [-0.3, -0.25) is 0 Å². The number of aliphatic hydroxyl groups is 1. The third-order valence-corrected chi connectivity index (χ3v) is 12.7. The van der Waals surface area contributed by atoms with Crippen molar-refractivity contribution in [2.24, 2.45) is 23.2 Å². The summed E-state index contributed by atoms with van der Waals surface area (Å²) in [5.41, 5.74) is 2.84. The Bertz CT molecular complexity index is 899. The number of aliphatic hydroxyl groups excluding tert-OH is 1. The number of carboxylic acid groups (broad SMARTS) is 1. The first kappa shape index (κ1) is 28.2. The monoisotopic (exact) mass is 534 g/mol. The van der Waals surface area contributed by atoms with Gasteiger partial charge >= 0.3 is 5.97 Å². The van der Waals surface area contributed by atoms with Gasteiger partial charge in [-0.05, 0) is 109 Å². The Balaban J connectivity index is 1.39. The van der Waals surface area contributed by atoms with Crippen molar-refractivity contribution in [1.82, 2.24) is 0 Å². The van der Waals surface area contributed by atoms with E-state index in [2.05, 4.69) is 13.0 Å². The average molecular weight is 535 g/mol. The maximum Gasteiger partial charge on any atom is 0.330 e. The normalized spacial score (nSPS) is 31.5. The molecule has 3 N–H and O–H groups in total. The van der Waals surface area contributed by atoms with Crippen LogP contribution < -0.4 is 0 Å². The Morgan fingerprint density at radius 1 is 1.08 bits per heavy atom. The zero-order valence-electron chi connectivity index (χ0n) is 22.4. The Kier molecular flexibility index (Phi) is 9.31. The molecule has 202 valence electrons. The molecule has 4 nitrogen and oxygen atoms in total. The molecule has 0 aliphatic heterocycles. The van der Waals surface area contributed by atoms with E-state index in [1.807, 2.05) is 26.0 Å². The van der Waals surface area contributed by atoms with Gasteiger partial charge in [0.15, 0.2) is 4.08 Å². The summed E-state index contributed by atoms with van der Waals surface area (Å²) in [5, 5.41) is 30.9. The van der Waals surface area contributed by atoms with Gasteiger partial charge in [0.25, 0.3) is 0 Å². The Morgan fingerprint density at radius 3 is 2.50 bits per heavy atom. The molecule has 3 aliphatic carbocycles. The van der Waals surface area contributed by atoms with Gasteiger partial charge < -0.3 is 15.3 Å². The Hall–Kier alpha value is -0.850. The highest BCUT2D eigenvalue weighted by molar-refractivity contribution is 8.19. The number of unbranched alkanes of at least 4 members (excludes halogenated alkanes) is 3. The summed E-state index contributed by atoms with van der Waals surface area (Å²) in [6, 6.07) is 6.03. The van der Waals surface area contributed by atoms with Crippen LogP contribution in [0.15, 0.2) is 18.2 Å². The SMILES string of the molecule is CCSC(CCCCCC[C@@H]1Cc2cc(O)ccc2C2CC[C@@]3(C)C(CC[C@@H]3O)C21)(SCC)C(=O)O. The molecular weight excluding hydrogens is 488 g/mol. The number of carboxylic acids is 1. The van der Waals surface area contributed by atoms with E-state index in [9.17, 15) is 20.1 Å². The molecule has 6 heteroatoms. The number of thioether (sulfide) groups is 2.